The van der Waals surface area contributed by atoms with E-state index in [4.69, 9.17) is 4.99 Å². The van der Waals surface area contributed by atoms with Crippen LogP contribution >= 0.6 is 0 Å². The molecule has 1 aliphatic carbocycles. The molecule has 3 nitrogen and oxygen atoms in total. The summed E-state index contributed by atoms with van der Waals surface area (Å²) in [6.45, 7) is 3.13. The molecule has 4 rings (SSSR count). The Hall–Kier alpha value is -2.42. The number of nitrogens with zero attached hydrogens (tertiary/aromatic N) is 2. The van der Waals surface area contributed by atoms with Crippen LogP contribution < -0.4 is 0 Å². The van der Waals surface area contributed by atoms with E-state index in [1.807, 2.05) is 48.5 Å². The SMILES string of the molecule is CCN1C(c2ccccc2C(=O)c2ccccc2)=N[C@@H]2CCCC[C@H]21. The van der Waals surface area contributed by atoms with Crippen molar-refractivity contribution >= 4 is 11.6 Å². The van der Waals surface area contributed by atoms with E-state index in [1.165, 1.54) is 25.7 Å². The molecule has 1 heterocycles. The highest BCUT2D eigenvalue weighted by molar-refractivity contribution is 6.16. The van der Waals surface area contributed by atoms with Gasteiger partial charge in [0, 0.05) is 23.2 Å². The van der Waals surface area contributed by atoms with E-state index in [0.29, 0.717) is 12.1 Å². The summed E-state index contributed by atoms with van der Waals surface area (Å²) in [6, 6.07) is 18.4. The van der Waals surface area contributed by atoms with Gasteiger partial charge in [0.05, 0.1) is 12.1 Å². The normalized spacial score (nSPS) is 22.4. The van der Waals surface area contributed by atoms with Crippen molar-refractivity contribution in [3.05, 3.63) is 71.3 Å². The van der Waals surface area contributed by atoms with E-state index in [-0.39, 0.29) is 5.78 Å². The highest BCUT2D eigenvalue weighted by Gasteiger charge is 2.38. The maximum atomic E-state index is 13.1. The zero-order chi connectivity index (χ0) is 17.2. The van der Waals surface area contributed by atoms with E-state index < -0.39 is 0 Å². The molecule has 2 atom stereocenters. The number of amidine groups is 1. The van der Waals surface area contributed by atoms with Crippen LogP contribution in [0.1, 0.15) is 54.1 Å². The Morgan fingerprint density at radius 3 is 2.56 bits per heavy atom. The quantitative estimate of drug-likeness (QED) is 0.782. The fourth-order valence-electron chi connectivity index (χ4n) is 4.22. The Labute approximate surface area is 149 Å². The van der Waals surface area contributed by atoms with Crippen LogP contribution in [0, 0.1) is 0 Å². The minimum absolute atomic E-state index is 0.0739. The number of benzene rings is 2. The molecule has 1 fully saturated rings. The zero-order valence-electron chi connectivity index (χ0n) is 14.7. The second-order valence-corrected chi connectivity index (χ2v) is 6.90. The van der Waals surface area contributed by atoms with Gasteiger partial charge in [-0.1, -0.05) is 67.4 Å². The molecular formula is C22H24N2O. The molecule has 3 heteroatoms. The predicted molar refractivity (Wildman–Crippen MR) is 101 cm³/mol. The van der Waals surface area contributed by atoms with Gasteiger partial charge in [-0.2, -0.15) is 0 Å². The first kappa shape index (κ1) is 16.1. The van der Waals surface area contributed by atoms with Crippen molar-refractivity contribution in [2.75, 3.05) is 6.54 Å². The van der Waals surface area contributed by atoms with Crippen molar-refractivity contribution in [3.8, 4) is 0 Å². The summed E-state index contributed by atoms with van der Waals surface area (Å²) in [5.41, 5.74) is 2.46. The number of fused-ring (bicyclic) bond motifs is 1. The van der Waals surface area contributed by atoms with Crippen LogP contribution in [0.3, 0.4) is 0 Å². The predicted octanol–water partition coefficient (Wildman–Crippen LogP) is 4.31. The molecule has 25 heavy (non-hydrogen) atoms. The Kier molecular flexibility index (Phi) is 4.39. The highest BCUT2D eigenvalue weighted by atomic mass is 16.1. The van der Waals surface area contributed by atoms with Gasteiger partial charge >= 0.3 is 0 Å². The minimum atomic E-state index is 0.0739. The van der Waals surface area contributed by atoms with Crippen LogP contribution in [0.2, 0.25) is 0 Å². The second kappa shape index (κ2) is 6.83. The van der Waals surface area contributed by atoms with E-state index in [0.717, 1.165) is 29.1 Å². The van der Waals surface area contributed by atoms with Gasteiger partial charge in [0.15, 0.2) is 5.78 Å². The van der Waals surface area contributed by atoms with E-state index >= 15 is 0 Å². The van der Waals surface area contributed by atoms with Crippen LogP contribution in [0.5, 0.6) is 0 Å². The van der Waals surface area contributed by atoms with Gasteiger partial charge in [-0.15, -0.1) is 0 Å². The molecule has 0 amide bonds. The van der Waals surface area contributed by atoms with E-state index in [2.05, 4.69) is 17.9 Å². The third kappa shape index (κ3) is 2.88. The molecule has 0 bridgehead atoms. The van der Waals surface area contributed by atoms with Crippen LogP contribution in [-0.2, 0) is 0 Å². The monoisotopic (exact) mass is 332 g/mol. The van der Waals surface area contributed by atoms with E-state index in [9.17, 15) is 4.79 Å². The summed E-state index contributed by atoms with van der Waals surface area (Å²) >= 11 is 0. The topological polar surface area (TPSA) is 32.7 Å². The standard InChI is InChI=1S/C22H24N2O/c1-2-24-20-15-9-8-14-19(20)23-22(24)18-13-7-6-12-17(18)21(25)16-10-4-3-5-11-16/h3-7,10-13,19-20H,2,8-9,14-15H2,1H3/t19-,20-/m1/s1. The summed E-state index contributed by atoms with van der Waals surface area (Å²) in [7, 11) is 0. The number of hydrogen-bond acceptors (Lipinski definition) is 3. The van der Waals surface area contributed by atoms with Crippen molar-refractivity contribution in [2.45, 2.75) is 44.7 Å². The van der Waals surface area contributed by atoms with Gasteiger partial charge in [-0.25, -0.2) is 0 Å². The van der Waals surface area contributed by atoms with Crippen LogP contribution in [0.15, 0.2) is 59.6 Å². The average molecular weight is 332 g/mol. The number of aliphatic imine (C=N–C) groups is 1. The van der Waals surface area contributed by atoms with Gasteiger partial charge < -0.3 is 4.90 Å². The van der Waals surface area contributed by atoms with Crippen molar-refractivity contribution in [3.63, 3.8) is 0 Å². The first-order valence-electron chi connectivity index (χ1n) is 9.33. The molecule has 0 spiro atoms. The Balaban J connectivity index is 1.75. The van der Waals surface area contributed by atoms with Crippen molar-refractivity contribution in [2.24, 2.45) is 4.99 Å². The van der Waals surface area contributed by atoms with Crippen molar-refractivity contribution in [1.82, 2.24) is 4.90 Å². The number of rotatable bonds is 4. The van der Waals surface area contributed by atoms with Crippen LogP contribution in [-0.4, -0.2) is 35.1 Å². The molecule has 2 aromatic rings. The first-order valence-corrected chi connectivity index (χ1v) is 9.33. The number of likely N-dealkylation sites (N-methyl/N-ethyl adjacent to an activating group) is 1. The third-order valence-electron chi connectivity index (χ3n) is 5.44. The molecule has 1 saturated carbocycles. The maximum Gasteiger partial charge on any atom is 0.193 e. The average Bonchev–Trinajstić information content (AvgIpc) is 3.06. The van der Waals surface area contributed by atoms with Gasteiger partial charge in [-0.3, -0.25) is 9.79 Å². The maximum absolute atomic E-state index is 13.1. The molecule has 0 N–H and O–H groups in total. The molecule has 2 aromatic carbocycles. The molecule has 0 unspecified atom stereocenters. The first-order chi connectivity index (χ1) is 12.3. The summed E-state index contributed by atoms with van der Waals surface area (Å²) in [4.78, 5) is 20.5. The van der Waals surface area contributed by atoms with Crippen LogP contribution in [0.25, 0.3) is 0 Å². The smallest absolute Gasteiger partial charge is 0.193 e. The lowest BCUT2D eigenvalue weighted by molar-refractivity contribution is 0.103. The van der Waals surface area contributed by atoms with Crippen molar-refractivity contribution < 1.29 is 4.79 Å². The number of hydrogen-bond donors (Lipinski definition) is 0. The zero-order valence-corrected chi connectivity index (χ0v) is 14.7. The second-order valence-electron chi connectivity index (χ2n) is 6.90. The molecule has 0 saturated heterocycles. The fraction of sp³-hybridized carbons (Fsp3) is 0.364. The molecule has 0 aromatic heterocycles. The summed E-state index contributed by atoms with van der Waals surface area (Å²) < 4.78 is 0. The molecule has 1 aliphatic heterocycles. The summed E-state index contributed by atoms with van der Waals surface area (Å²) in [5.74, 6) is 1.09. The molecule has 0 radical (unpaired) electrons. The molecule has 2 aliphatic rings. The summed E-state index contributed by atoms with van der Waals surface area (Å²) in [5, 5.41) is 0. The van der Waals surface area contributed by atoms with Gasteiger partial charge in [0.1, 0.15) is 5.84 Å². The minimum Gasteiger partial charge on any atom is -0.352 e. The molecular weight excluding hydrogens is 308 g/mol. The van der Waals surface area contributed by atoms with Gasteiger partial charge in [-0.05, 0) is 19.8 Å². The number of carbonyl (C=O) groups is 1. The Morgan fingerprint density at radius 1 is 1.04 bits per heavy atom. The third-order valence-corrected chi connectivity index (χ3v) is 5.44. The summed E-state index contributed by atoms with van der Waals surface area (Å²) in [6.07, 6.45) is 4.92. The lowest BCUT2D eigenvalue weighted by atomic mass is 9.90. The highest BCUT2D eigenvalue weighted by Crippen LogP contribution is 2.33. The number of ketones is 1. The van der Waals surface area contributed by atoms with Crippen LogP contribution in [0.4, 0.5) is 0 Å². The van der Waals surface area contributed by atoms with Gasteiger partial charge in [0.25, 0.3) is 0 Å². The lowest BCUT2D eigenvalue weighted by Gasteiger charge is -2.32. The Morgan fingerprint density at radius 2 is 1.76 bits per heavy atom. The van der Waals surface area contributed by atoms with E-state index in [1.54, 1.807) is 0 Å². The molecule has 128 valence electrons. The van der Waals surface area contributed by atoms with Crippen molar-refractivity contribution in [1.29, 1.82) is 0 Å². The largest absolute Gasteiger partial charge is 0.352 e. The number of carbonyl (C=O) groups excluding carboxylic acids is 1. The fourth-order valence-corrected chi connectivity index (χ4v) is 4.22. The van der Waals surface area contributed by atoms with Gasteiger partial charge in [0.2, 0.25) is 0 Å². The lowest BCUT2D eigenvalue weighted by Crippen LogP contribution is -2.41. The Bertz CT molecular complexity index is 797.